The third-order valence-electron chi connectivity index (χ3n) is 5.79. The summed E-state index contributed by atoms with van der Waals surface area (Å²) in [5.74, 6) is 0.120. The van der Waals surface area contributed by atoms with Gasteiger partial charge in [0.15, 0.2) is 0 Å². The van der Waals surface area contributed by atoms with E-state index in [0.29, 0.717) is 0 Å². The van der Waals surface area contributed by atoms with Gasteiger partial charge in [0.1, 0.15) is 5.54 Å². The smallest absolute Gasteiger partial charge is 0.258 e. The molecule has 0 unspecified atom stereocenters. The molecule has 1 heterocycles. The van der Waals surface area contributed by atoms with Gasteiger partial charge in [-0.15, -0.1) is 0 Å². The van der Waals surface area contributed by atoms with Crippen LogP contribution < -0.4 is 10.9 Å². The number of benzene rings is 1. The number of piperazine rings is 1. The van der Waals surface area contributed by atoms with Gasteiger partial charge in [-0.3, -0.25) is 20.5 Å². The van der Waals surface area contributed by atoms with Gasteiger partial charge < -0.3 is 4.90 Å². The van der Waals surface area contributed by atoms with Gasteiger partial charge >= 0.3 is 0 Å². The molecule has 0 atom stereocenters. The van der Waals surface area contributed by atoms with Crippen molar-refractivity contribution in [1.82, 2.24) is 15.2 Å². The van der Waals surface area contributed by atoms with E-state index in [1.54, 1.807) is 0 Å². The van der Waals surface area contributed by atoms with Crippen LogP contribution in [0.1, 0.15) is 57.9 Å². The summed E-state index contributed by atoms with van der Waals surface area (Å²) in [5, 5.41) is 0. The molecule has 1 aliphatic rings. The van der Waals surface area contributed by atoms with E-state index in [9.17, 15) is 4.79 Å². The van der Waals surface area contributed by atoms with E-state index in [4.69, 9.17) is 0 Å². The fourth-order valence-electron chi connectivity index (χ4n) is 3.87. The average molecular weight is 375 g/mol. The molecule has 5 heteroatoms. The highest BCUT2D eigenvalue weighted by molar-refractivity contribution is 5.87. The van der Waals surface area contributed by atoms with Crippen molar-refractivity contribution in [3.05, 3.63) is 29.8 Å². The van der Waals surface area contributed by atoms with Crippen LogP contribution in [0.4, 0.5) is 5.69 Å². The highest BCUT2D eigenvalue weighted by Crippen LogP contribution is 2.30. The van der Waals surface area contributed by atoms with E-state index >= 15 is 0 Å². The molecule has 0 spiro atoms. The van der Waals surface area contributed by atoms with Crippen LogP contribution in [0, 0.1) is 6.92 Å². The van der Waals surface area contributed by atoms with Crippen molar-refractivity contribution in [1.29, 1.82) is 0 Å². The third-order valence-corrected chi connectivity index (χ3v) is 5.79. The lowest BCUT2D eigenvalue weighted by Crippen LogP contribution is -2.63. The maximum Gasteiger partial charge on any atom is 0.258 e. The second-order valence-electron chi connectivity index (χ2n) is 7.97. The maximum atomic E-state index is 13.5. The summed E-state index contributed by atoms with van der Waals surface area (Å²) in [6.45, 7) is 10.4. The number of nitrogens with one attached hydrogen (secondary N) is 2. The Morgan fingerprint density at radius 1 is 1.00 bits per heavy atom. The molecule has 152 valence electrons. The molecule has 0 radical (unpaired) electrons. The van der Waals surface area contributed by atoms with E-state index in [-0.39, 0.29) is 5.91 Å². The van der Waals surface area contributed by atoms with Gasteiger partial charge in [-0.1, -0.05) is 57.2 Å². The van der Waals surface area contributed by atoms with Crippen LogP contribution in [-0.4, -0.2) is 54.5 Å². The Labute approximate surface area is 165 Å². The molecular weight excluding hydrogens is 336 g/mol. The number of likely N-dealkylation sites (N-methyl/N-ethyl adjacent to an activating group) is 1. The lowest BCUT2D eigenvalue weighted by Gasteiger charge is -2.46. The summed E-state index contributed by atoms with van der Waals surface area (Å²) in [5.41, 5.74) is 7.91. The lowest BCUT2D eigenvalue weighted by atomic mass is 9.83. The number of hydrogen-bond donors (Lipinski definition) is 2. The summed E-state index contributed by atoms with van der Waals surface area (Å²) in [6, 6.07) is 8.11. The molecule has 1 fully saturated rings. The predicted molar refractivity (Wildman–Crippen MR) is 114 cm³/mol. The average Bonchev–Trinajstić information content (AvgIpc) is 2.68. The number of anilines is 1. The summed E-state index contributed by atoms with van der Waals surface area (Å²) in [6.07, 6.45) is 6.23. The predicted octanol–water partition coefficient (Wildman–Crippen LogP) is 3.80. The Kier molecular flexibility index (Phi) is 8.58. The first kappa shape index (κ1) is 21.7. The minimum atomic E-state index is -0.412. The Balaban J connectivity index is 2.16. The first-order chi connectivity index (χ1) is 13.0. The SMILES string of the molecule is CCCCC(CCCC)(C(=O)NNc1ccc(C)cc1)N1CCN(C)CC1. The number of nitrogens with zero attached hydrogens (tertiary/aromatic N) is 2. The largest absolute Gasteiger partial charge is 0.304 e. The molecule has 1 amide bonds. The summed E-state index contributed by atoms with van der Waals surface area (Å²) in [4.78, 5) is 18.3. The van der Waals surface area contributed by atoms with Crippen molar-refractivity contribution < 1.29 is 4.79 Å². The van der Waals surface area contributed by atoms with Crippen LogP contribution in [0.15, 0.2) is 24.3 Å². The number of unbranched alkanes of at least 4 members (excludes halogenated alkanes) is 2. The van der Waals surface area contributed by atoms with Gasteiger partial charge in [-0.2, -0.15) is 0 Å². The van der Waals surface area contributed by atoms with Gasteiger partial charge in [0.05, 0.1) is 5.69 Å². The number of carbonyl (C=O) groups is 1. The van der Waals surface area contributed by atoms with Crippen molar-refractivity contribution in [3.8, 4) is 0 Å². The lowest BCUT2D eigenvalue weighted by molar-refractivity contribution is -0.136. The zero-order valence-corrected chi connectivity index (χ0v) is 17.7. The topological polar surface area (TPSA) is 47.6 Å². The molecule has 1 aromatic carbocycles. The highest BCUT2D eigenvalue weighted by Gasteiger charge is 2.43. The molecule has 1 saturated heterocycles. The van der Waals surface area contributed by atoms with Crippen LogP contribution in [0.3, 0.4) is 0 Å². The molecule has 5 nitrogen and oxygen atoms in total. The standard InChI is InChI=1S/C22H38N4O/c1-5-7-13-22(14-8-6-2,26-17-15-25(4)16-18-26)21(27)24-23-20-11-9-19(3)10-12-20/h9-12,23H,5-8,13-18H2,1-4H3,(H,24,27). The number of hydrogen-bond acceptors (Lipinski definition) is 4. The van der Waals surface area contributed by atoms with Gasteiger partial charge in [0.2, 0.25) is 0 Å². The van der Waals surface area contributed by atoms with Crippen LogP contribution in [-0.2, 0) is 4.79 Å². The monoisotopic (exact) mass is 374 g/mol. The number of hydrazine groups is 1. The molecule has 2 rings (SSSR count). The first-order valence-electron chi connectivity index (χ1n) is 10.6. The Morgan fingerprint density at radius 2 is 1.56 bits per heavy atom. The maximum absolute atomic E-state index is 13.5. The zero-order chi connectivity index (χ0) is 19.7. The van der Waals surface area contributed by atoms with Crippen LogP contribution in [0.25, 0.3) is 0 Å². The van der Waals surface area contributed by atoms with Crippen LogP contribution in [0.5, 0.6) is 0 Å². The van der Waals surface area contributed by atoms with E-state index in [0.717, 1.165) is 70.4 Å². The minimum absolute atomic E-state index is 0.120. The number of rotatable bonds is 10. The van der Waals surface area contributed by atoms with Crippen molar-refractivity contribution in [3.63, 3.8) is 0 Å². The van der Waals surface area contributed by atoms with Crippen molar-refractivity contribution in [2.45, 2.75) is 64.8 Å². The minimum Gasteiger partial charge on any atom is -0.304 e. The number of amides is 1. The normalized spacial score (nSPS) is 16.3. The molecule has 27 heavy (non-hydrogen) atoms. The molecule has 0 bridgehead atoms. The van der Waals surface area contributed by atoms with Crippen molar-refractivity contribution >= 4 is 11.6 Å². The van der Waals surface area contributed by atoms with Crippen molar-refractivity contribution in [2.24, 2.45) is 0 Å². The van der Waals surface area contributed by atoms with Gasteiger partial charge in [0, 0.05) is 26.2 Å². The molecule has 0 aromatic heterocycles. The molecule has 0 saturated carbocycles. The molecule has 1 aromatic rings. The summed E-state index contributed by atoms with van der Waals surface area (Å²) < 4.78 is 0. The van der Waals surface area contributed by atoms with E-state index in [2.05, 4.69) is 60.6 Å². The van der Waals surface area contributed by atoms with E-state index in [1.807, 2.05) is 12.1 Å². The van der Waals surface area contributed by atoms with E-state index < -0.39 is 5.54 Å². The number of aryl methyl sites for hydroxylation is 1. The summed E-state index contributed by atoms with van der Waals surface area (Å²) in [7, 11) is 2.16. The second-order valence-corrected chi connectivity index (χ2v) is 7.97. The summed E-state index contributed by atoms with van der Waals surface area (Å²) >= 11 is 0. The molecule has 1 aliphatic heterocycles. The van der Waals surface area contributed by atoms with Gasteiger partial charge in [-0.25, -0.2) is 0 Å². The molecule has 0 aliphatic carbocycles. The Bertz CT molecular complexity index is 556. The molecule has 2 N–H and O–H groups in total. The third kappa shape index (κ3) is 5.94. The van der Waals surface area contributed by atoms with Crippen LogP contribution >= 0.6 is 0 Å². The fraction of sp³-hybridized carbons (Fsp3) is 0.682. The first-order valence-corrected chi connectivity index (χ1v) is 10.6. The fourth-order valence-corrected chi connectivity index (χ4v) is 3.87. The quantitative estimate of drug-likeness (QED) is 0.612. The number of carbonyl (C=O) groups excluding carboxylic acids is 1. The molecular formula is C22H38N4O. The van der Waals surface area contributed by atoms with Gasteiger partial charge in [0.25, 0.3) is 5.91 Å². The van der Waals surface area contributed by atoms with Crippen molar-refractivity contribution in [2.75, 3.05) is 38.7 Å². The Hall–Kier alpha value is -1.59. The Morgan fingerprint density at radius 3 is 2.07 bits per heavy atom. The second kappa shape index (κ2) is 10.7. The van der Waals surface area contributed by atoms with Crippen LogP contribution in [0.2, 0.25) is 0 Å². The highest BCUT2D eigenvalue weighted by atomic mass is 16.2. The zero-order valence-electron chi connectivity index (χ0n) is 17.7. The van der Waals surface area contributed by atoms with Gasteiger partial charge in [-0.05, 0) is 38.9 Å². The van der Waals surface area contributed by atoms with E-state index in [1.165, 1.54) is 5.56 Å².